The average molecular weight is 255 g/mol. The molecule has 3 aromatic rings. The van der Waals surface area contributed by atoms with Gasteiger partial charge < -0.3 is 20.5 Å². The number of nitrogens with two attached hydrogens (primary N) is 1. The summed E-state index contributed by atoms with van der Waals surface area (Å²) in [6.07, 6.45) is 3.26. The van der Waals surface area contributed by atoms with Gasteiger partial charge >= 0.3 is 0 Å². The molecule has 0 aliphatic heterocycles. The molecule has 4 N–H and O–H groups in total. The lowest BCUT2D eigenvalue weighted by molar-refractivity contribution is 0.0949. The number of carbonyl (C=O) groups is 1. The van der Waals surface area contributed by atoms with Crippen LogP contribution in [0.4, 0.5) is 5.69 Å². The third kappa shape index (κ3) is 2.18. The number of anilines is 1. The number of hydrogen-bond donors (Lipinski definition) is 3. The summed E-state index contributed by atoms with van der Waals surface area (Å²) >= 11 is 0. The standard InChI is InChI=1S/C14H13N3O2/c15-9-3-4-11-12(8-16-13(11)6-9)14(18)17-7-10-2-1-5-19-10/h1-6,8,16H,7,15H2,(H,17,18). The van der Waals surface area contributed by atoms with Crippen molar-refractivity contribution in [1.82, 2.24) is 10.3 Å². The Morgan fingerprint density at radius 2 is 2.26 bits per heavy atom. The molecule has 0 aliphatic rings. The van der Waals surface area contributed by atoms with E-state index in [1.54, 1.807) is 30.7 Å². The van der Waals surface area contributed by atoms with E-state index in [4.69, 9.17) is 10.2 Å². The van der Waals surface area contributed by atoms with Gasteiger partial charge in [0.1, 0.15) is 5.76 Å². The summed E-state index contributed by atoms with van der Waals surface area (Å²) in [4.78, 5) is 15.1. The van der Waals surface area contributed by atoms with Gasteiger partial charge in [-0.3, -0.25) is 4.79 Å². The first-order valence-electron chi connectivity index (χ1n) is 5.91. The smallest absolute Gasteiger partial charge is 0.253 e. The number of aromatic amines is 1. The second-order valence-corrected chi connectivity index (χ2v) is 4.27. The van der Waals surface area contributed by atoms with E-state index in [9.17, 15) is 4.79 Å². The van der Waals surface area contributed by atoms with Crippen LogP contribution in [-0.4, -0.2) is 10.9 Å². The lowest BCUT2D eigenvalue weighted by Gasteiger charge is -2.02. The summed E-state index contributed by atoms with van der Waals surface area (Å²) in [6.45, 7) is 0.369. The molecule has 2 heterocycles. The molecule has 0 atom stereocenters. The molecule has 2 aromatic heterocycles. The fourth-order valence-corrected chi connectivity index (χ4v) is 2.01. The third-order valence-electron chi connectivity index (χ3n) is 2.95. The van der Waals surface area contributed by atoms with E-state index in [0.29, 0.717) is 17.8 Å². The minimum Gasteiger partial charge on any atom is -0.467 e. The molecule has 1 amide bonds. The normalized spacial score (nSPS) is 10.7. The number of amides is 1. The Bertz CT molecular complexity index is 713. The van der Waals surface area contributed by atoms with E-state index in [-0.39, 0.29) is 5.91 Å². The fraction of sp³-hybridized carbons (Fsp3) is 0.0714. The molecule has 0 spiro atoms. The van der Waals surface area contributed by atoms with Gasteiger partial charge in [0, 0.05) is 22.8 Å². The van der Waals surface area contributed by atoms with Crippen molar-refractivity contribution in [1.29, 1.82) is 0 Å². The molecule has 0 radical (unpaired) electrons. The van der Waals surface area contributed by atoms with Crippen LogP contribution in [0.3, 0.4) is 0 Å². The van der Waals surface area contributed by atoms with Gasteiger partial charge in [-0.1, -0.05) is 0 Å². The second-order valence-electron chi connectivity index (χ2n) is 4.27. The second kappa shape index (κ2) is 4.53. The van der Waals surface area contributed by atoms with E-state index < -0.39 is 0 Å². The van der Waals surface area contributed by atoms with Gasteiger partial charge in [0.2, 0.25) is 0 Å². The van der Waals surface area contributed by atoms with E-state index >= 15 is 0 Å². The first kappa shape index (κ1) is 11.4. The number of hydrogen-bond acceptors (Lipinski definition) is 3. The van der Waals surface area contributed by atoms with Gasteiger partial charge in [0.25, 0.3) is 5.91 Å². The van der Waals surface area contributed by atoms with Crippen LogP contribution in [0.25, 0.3) is 10.9 Å². The maximum atomic E-state index is 12.1. The molecule has 19 heavy (non-hydrogen) atoms. The van der Waals surface area contributed by atoms with Crippen LogP contribution in [0.15, 0.2) is 47.2 Å². The largest absolute Gasteiger partial charge is 0.467 e. The molecular weight excluding hydrogens is 242 g/mol. The SMILES string of the molecule is Nc1ccc2c(C(=O)NCc3ccco3)c[nH]c2c1. The Kier molecular flexibility index (Phi) is 2.72. The molecule has 5 heteroatoms. The summed E-state index contributed by atoms with van der Waals surface area (Å²) in [5.41, 5.74) is 7.81. The highest BCUT2D eigenvalue weighted by Crippen LogP contribution is 2.20. The van der Waals surface area contributed by atoms with Gasteiger partial charge in [-0.2, -0.15) is 0 Å². The molecule has 0 aliphatic carbocycles. The number of furan rings is 1. The number of nitrogen functional groups attached to an aromatic ring is 1. The van der Waals surface area contributed by atoms with Crippen LogP contribution in [-0.2, 0) is 6.54 Å². The van der Waals surface area contributed by atoms with Gasteiger partial charge in [0.05, 0.1) is 18.4 Å². The maximum absolute atomic E-state index is 12.1. The Morgan fingerprint density at radius 1 is 1.37 bits per heavy atom. The Balaban J connectivity index is 1.81. The number of rotatable bonds is 3. The number of nitrogens with one attached hydrogen (secondary N) is 2. The molecule has 0 bridgehead atoms. The van der Waals surface area contributed by atoms with Crippen LogP contribution in [0.5, 0.6) is 0 Å². The van der Waals surface area contributed by atoms with Crippen LogP contribution in [0.2, 0.25) is 0 Å². The zero-order valence-corrected chi connectivity index (χ0v) is 10.1. The van der Waals surface area contributed by atoms with E-state index in [0.717, 1.165) is 16.7 Å². The van der Waals surface area contributed by atoms with Crippen molar-refractivity contribution < 1.29 is 9.21 Å². The molecule has 0 unspecified atom stereocenters. The lowest BCUT2D eigenvalue weighted by atomic mass is 10.1. The minimum atomic E-state index is -0.146. The third-order valence-corrected chi connectivity index (χ3v) is 2.95. The van der Waals surface area contributed by atoms with Crippen molar-refractivity contribution in [3.63, 3.8) is 0 Å². The van der Waals surface area contributed by atoms with Crippen molar-refractivity contribution in [3.8, 4) is 0 Å². The number of fused-ring (bicyclic) bond motifs is 1. The molecule has 0 saturated heterocycles. The lowest BCUT2D eigenvalue weighted by Crippen LogP contribution is -2.22. The number of aromatic nitrogens is 1. The highest BCUT2D eigenvalue weighted by atomic mass is 16.3. The topological polar surface area (TPSA) is 84.1 Å². The van der Waals surface area contributed by atoms with Gasteiger partial charge in [-0.25, -0.2) is 0 Å². The van der Waals surface area contributed by atoms with E-state index in [2.05, 4.69) is 10.3 Å². The highest BCUT2D eigenvalue weighted by molar-refractivity contribution is 6.07. The molecular formula is C14H13N3O2. The summed E-state index contributed by atoms with van der Waals surface area (Å²) in [6, 6.07) is 9.02. The highest BCUT2D eigenvalue weighted by Gasteiger charge is 2.12. The molecule has 0 saturated carbocycles. The van der Waals surface area contributed by atoms with Gasteiger partial charge in [-0.05, 0) is 30.3 Å². The number of carbonyl (C=O) groups excluding carboxylic acids is 1. The molecule has 0 fully saturated rings. The zero-order valence-electron chi connectivity index (χ0n) is 10.1. The predicted octanol–water partition coefficient (Wildman–Crippen LogP) is 2.27. The average Bonchev–Trinajstić information content (AvgIpc) is 3.04. The summed E-state index contributed by atoms with van der Waals surface area (Å²) in [5.74, 6) is 0.574. The first-order chi connectivity index (χ1) is 9.24. The van der Waals surface area contributed by atoms with Gasteiger partial charge in [0.15, 0.2) is 0 Å². The van der Waals surface area contributed by atoms with Crippen molar-refractivity contribution in [2.45, 2.75) is 6.54 Å². The summed E-state index contributed by atoms with van der Waals surface area (Å²) < 4.78 is 5.17. The van der Waals surface area contributed by atoms with Crippen LogP contribution >= 0.6 is 0 Å². The van der Waals surface area contributed by atoms with Crippen molar-refractivity contribution in [2.24, 2.45) is 0 Å². The number of H-pyrrole nitrogens is 1. The maximum Gasteiger partial charge on any atom is 0.253 e. The van der Waals surface area contributed by atoms with Crippen molar-refractivity contribution >= 4 is 22.5 Å². The number of benzene rings is 1. The Hall–Kier alpha value is -2.69. The fourth-order valence-electron chi connectivity index (χ4n) is 2.01. The van der Waals surface area contributed by atoms with E-state index in [1.807, 2.05) is 12.1 Å². The summed E-state index contributed by atoms with van der Waals surface area (Å²) in [7, 11) is 0. The molecule has 3 rings (SSSR count). The van der Waals surface area contributed by atoms with Crippen molar-refractivity contribution in [3.05, 3.63) is 54.1 Å². The van der Waals surface area contributed by atoms with Crippen LogP contribution < -0.4 is 11.1 Å². The first-order valence-corrected chi connectivity index (χ1v) is 5.91. The predicted molar refractivity (Wildman–Crippen MR) is 72.6 cm³/mol. The molecule has 1 aromatic carbocycles. The zero-order chi connectivity index (χ0) is 13.2. The summed E-state index contributed by atoms with van der Waals surface area (Å²) in [5, 5.41) is 3.66. The van der Waals surface area contributed by atoms with Crippen LogP contribution in [0, 0.1) is 0 Å². The quantitative estimate of drug-likeness (QED) is 0.628. The minimum absolute atomic E-state index is 0.146. The monoisotopic (exact) mass is 255 g/mol. The Labute approximate surface area is 109 Å². The molecule has 96 valence electrons. The van der Waals surface area contributed by atoms with Crippen LogP contribution in [0.1, 0.15) is 16.1 Å². The molecule has 5 nitrogen and oxygen atoms in total. The van der Waals surface area contributed by atoms with Crippen molar-refractivity contribution in [2.75, 3.05) is 5.73 Å². The van der Waals surface area contributed by atoms with Gasteiger partial charge in [-0.15, -0.1) is 0 Å². The van der Waals surface area contributed by atoms with E-state index in [1.165, 1.54) is 0 Å². The Morgan fingerprint density at radius 3 is 3.05 bits per heavy atom.